The van der Waals surface area contributed by atoms with Gasteiger partial charge in [-0.15, -0.1) is 11.8 Å². The summed E-state index contributed by atoms with van der Waals surface area (Å²) in [4.78, 5) is 0. The Balaban J connectivity index is 2.23. The van der Waals surface area contributed by atoms with Crippen LogP contribution in [0.1, 0.15) is 10.8 Å². The highest BCUT2D eigenvalue weighted by atomic mass is 32.2. The lowest BCUT2D eigenvalue weighted by atomic mass is 10.1. The summed E-state index contributed by atoms with van der Waals surface area (Å²) in [6.07, 6.45) is 0. The lowest BCUT2D eigenvalue weighted by Gasteiger charge is -2.28. The molecule has 1 saturated heterocycles. The SMILES string of the molecule is C=C1CSC1c1ccccc1. The number of thioether (sulfide) groups is 1. The molecule has 11 heavy (non-hydrogen) atoms. The molecule has 1 heterocycles. The van der Waals surface area contributed by atoms with E-state index in [1.54, 1.807) is 0 Å². The molecule has 1 atom stereocenters. The van der Waals surface area contributed by atoms with Gasteiger partial charge in [0.25, 0.3) is 0 Å². The van der Waals surface area contributed by atoms with Gasteiger partial charge in [0.2, 0.25) is 0 Å². The van der Waals surface area contributed by atoms with Crippen LogP contribution in [0.2, 0.25) is 0 Å². The molecule has 0 radical (unpaired) electrons. The third kappa shape index (κ3) is 1.21. The molecule has 1 fully saturated rings. The fourth-order valence-corrected chi connectivity index (χ4v) is 2.16. The van der Waals surface area contributed by atoms with E-state index >= 15 is 0 Å². The fraction of sp³-hybridized carbons (Fsp3) is 0.200. The molecule has 0 N–H and O–H groups in total. The van der Waals surface area contributed by atoms with Crippen molar-refractivity contribution in [2.45, 2.75) is 5.25 Å². The molecule has 1 unspecified atom stereocenters. The Kier molecular flexibility index (Phi) is 1.74. The molecule has 1 aromatic rings. The predicted molar refractivity (Wildman–Crippen MR) is 50.8 cm³/mol. The highest BCUT2D eigenvalue weighted by molar-refractivity contribution is 8.01. The molecular formula is C10H10S. The molecule has 56 valence electrons. The van der Waals surface area contributed by atoms with Crippen LogP contribution in [0.15, 0.2) is 42.5 Å². The van der Waals surface area contributed by atoms with Crippen LogP contribution in [0.5, 0.6) is 0 Å². The van der Waals surface area contributed by atoms with Crippen LogP contribution in [0.4, 0.5) is 0 Å². The molecule has 1 heteroatoms. The lowest BCUT2D eigenvalue weighted by Crippen LogP contribution is -2.10. The van der Waals surface area contributed by atoms with Crippen LogP contribution in [0.3, 0.4) is 0 Å². The van der Waals surface area contributed by atoms with Crippen molar-refractivity contribution in [1.82, 2.24) is 0 Å². The molecule has 1 aromatic carbocycles. The first-order valence-electron chi connectivity index (χ1n) is 3.72. The minimum atomic E-state index is 0.580. The van der Waals surface area contributed by atoms with E-state index in [9.17, 15) is 0 Å². The summed E-state index contributed by atoms with van der Waals surface area (Å²) in [5.74, 6) is 1.14. The lowest BCUT2D eigenvalue weighted by molar-refractivity contribution is 1.07. The zero-order valence-electron chi connectivity index (χ0n) is 6.29. The molecule has 0 spiro atoms. The van der Waals surface area contributed by atoms with Gasteiger partial charge < -0.3 is 0 Å². The highest BCUT2D eigenvalue weighted by Crippen LogP contribution is 2.45. The van der Waals surface area contributed by atoms with Crippen molar-refractivity contribution < 1.29 is 0 Å². The second-order valence-electron chi connectivity index (χ2n) is 2.76. The van der Waals surface area contributed by atoms with E-state index < -0.39 is 0 Å². The van der Waals surface area contributed by atoms with Gasteiger partial charge in [-0.1, -0.05) is 42.5 Å². The molecule has 0 amide bonds. The Labute approximate surface area is 71.3 Å². The van der Waals surface area contributed by atoms with Crippen molar-refractivity contribution in [1.29, 1.82) is 0 Å². The Bertz CT molecular complexity index is 263. The van der Waals surface area contributed by atoms with Crippen molar-refractivity contribution in [3.63, 3.8) is 0 Å². The first-order valence-corrected chi connectivity index (χ1v) is 4.77. The summed E-state index contributed by atoms with van der Waals surface area (Å²) < 4.78 is 0. The van der Waals surface area contributed by atoms with Crippen molar-refractivity contribution in [3.05, 3.63) is 48.0 Å². The fourth-order valence-electron chi connectivity index (χ4n) is 1.24. The summed E-state index contributed by atoms with van der Waals surface area (Å²) >= 11 is 1.97. The summed E-state index contributed by atoms with van der Waals surface area (Å²) in [6.45, 7) is 4.00. The van der Waals surface area contributed by atoms with E-state index in [2.05, 4.69) is 36.9 Å². The van der Waals surface area contributed by atoms with Crippen LogP contribution >= 0.6 is 11.8 Å². The minimum absolute atomic E-state index is 0.580. The quantitative estimate of drug-likeness (QED) is 0.572. The number of hydrogen-bond donors (Lipinski definition) is 0. The molecule has 0 bridgehead atoms. The van der Waals surface area contributed by atoms with E-state index in [4.69, 9.17) is 0 Å². The van der Waals surface area contributed by atoms with Gasteiger partial charge in [0, 0.05) is 5.75 Å². The smallest absolute Gasteiger partial charge is 0.0515 e. The monoisotopic (exact) mass is 162 g/mol. The van der Waals surface area contributed by atoms with Gasteiger partial charge >= 0.3 is 0 Å². The standard InChI is InChI=1S/C10H10S/c1-8-7-11-10(8)9-5-3-2-4-6-9/h2-6,10H,1,7H2. The Hall–Kier alpha value is -0.690. The first kappa shape index (κ1) is 6.99. The maximum absolute atomic E-state index is 4.00. The van der Waals surface area contributed by atoms with E-state index in [0.717, 1.165) is 5.75 Å². The maximum atomic E-state index is 4.00. The molecule has 1 aliphatic rings. The third-order valence-corrected chi connectivity index (χ3v) is 3.38. The van der Waals surface area contributed by atoms with Gasteiger partial charge in [-0.3, -0.25) is 0 Å². The zero-order chi connectivity index (χ0) is 7.68. The van der Waals surface area contributed by atoms with Gasteiger partial charge in [-0.2, -0.15) is 0 Å². The third-order valence-electron chi connectivity index (χ3n) is 1.91. The van der Waals surface area contributed by atoms with E-state index in [1.807, 2.05) is 11.8 Å². The second-order valence-corrected chi connectivity index (χ2v) is 3.85. The summed E-state index contributed by atoms with van der Waals surface area (Å²) in [5.41, 5.74) is 2.76. The van der Waals surface area contributed by atoms with Gasteiger partial charge in [-0.05, 0) is 5.56 Å². The van der Waals surface area contributed by atoms with Crippen LogP contribution in [0, 0.1) is 0 Å². The minimum Gasteiger partial charge on any atom is -0.145 e. The second kappa shape index (κ2) is 2.74. The van der Waals surface area contributed by atoms with Gasteiger partial charge in [-0.25, -0.2) is 0 Å². The number of benzene rings is 1. The van der Waals surface area contributed by atoms with E-state index in [1.165, 1.54) is 11.1 Å². The Morgan fingerprint density at radius 2 is 2.00 bits per heavy atom. The van der Waals surface area contributed by atoms with Crippen molar-refractivity contribution in [2.24, 2.45) is 0 Å². The topological polar surface area (TPSA) is 0 Å². The predicted octanol–water partition coefficient (Wildman–Crippen LogP) is 3.03. The molecule has 0 nitrogen and oxygen atoms in total. The molecule has 0 aliphatic carbocycles. The summed E-state index contributed by atoms with van der Waals surface area (Å²) in [7, 11) is 0. The van der Waals surface area contributed by atoms with Crippen LogP contribution in [0.25, 0.3) is 0 Å². The average molecular weight is 162 g/mol. The van der Waals surface area contributed by atoms with E-state index in [-0.39, 0.29) is 0 Å². The van der Waals surface area contributed by atoms with Gasteiger partial charge in [0.15, 0.2) is 0 Å². The average Bonchev–Trinajstić information content (AvgIpc) is 2.04. The zero-order valence-corrected chi connectivity index (χ0v) is 7.10. The molecule has 0 aromatic heterocycles. The number of hydrogen-bond acceptors (Lipinski definition) is 1. The molecule has 1 aliphatic heterocycles. The normalized spacial score (nSPS) is 22.9. The van der Waals surface area contributed by atoms with Crippen LogP contribution in [-0.2, 0) is 0 Å². The van der Waals surface area contributed by atoms with Crippen molar-refractivity contribution in [3.8, 4) is 0 Å². The summed E-state index contributed by atoms with van der Waals surface area (Å²) in [6, 6.07) is 10.6. The van der Waals surface area contributed by atoms with Crippen molar-refractivity contribution >= 4 is 11.8 Å². The van der Waals surface area contributed by atoms with Crippen LogP contribution in [-0.4, -0.2) is 5.75 Å². The summed E-state index contributed by atoms with van der Waals surface area (Å²) in [5, 5.41) is 0.580. The van der Waals surface area contributed by atoms with Crippen molar-refractivity contribution in [2.75, 3.05) is 5.75 Å². The van der Waals surface area contributed by atoms with Gasteiger partial charge in [0.1, 0.15) is 0 Å². The Morgan fingerprint density at radius 1 is 1.27 bits per heavy atom. The maximum Gasteiger partial charge on any atom is 0.0515 e. The van der Waals surface area contributed by atoms with Crippen LogP contribution < -0.4 is 0 Å². The molecule has 2 rings (SSSR count). The van der Waals surface area contributed by atoms with E-state index in [0.29, 0.717) is 5.25 Å². The largest absolute Gasteiger partial charge is 0.145 e. The molecule has 0 saturated carbocycles. The highest BCUT2D eigenvalue weighted by Gasteiger charge is 2.23. The van der Waals surface area contributed by atoms with Gasteiger partial charge in [0.05, 0.1) is 5.25 Å². The number of rotatable bonds is 1. The first-order chi connectivity index (χ1) is 5.38. The molecular weight excluding hydrogens is 152 g/mol. The Morgan fingerprint density at radius 3 is 2.45 bits per heavy atom.